The van der Waals surface area contributed by atoms with Crippen LogP contribution in [-0.2, 0) is 11.3 Å². The van der Waals surface area contributed by atoms with Crippen LogP contribution in [0.1, 0.15) is 50.0 Å². The first kappa shape index (κ1) is 42.4. The van der Waals surface area contributed by atoms with Crippen molar-refractivity contribution < 1.29 is 31.9 Å². The number of ether oxygens (including phenoxy) is 1. The van der Waals surface area contributed by atoms with Crippen LogP contribution in [0.3, 0.4) is 0 Å². The Labute approximate surface area is 260 Å². The first-order chi connectivity index (χ1) is 21.4. The molecule has 0 spiro atoms. The summed E-state index contributed by atoms with van der Waals surface area (Å²) in [4.78, 5) is 25.3. The normalized spacial score (nSPS) is 11.7. The zero-order valence-corrected chi connectivity index (χ0v) is 27.5. The SMILES string of the molecule is C=O.CC.CC.CF.CF.CNCCCNc1cc(CNc2ccccc2C(=O)Nc2ccc3c(c2)PC(F)(F)O3)ccn1. The molecular formula is C31H46F4N5O3P. The number of rotatable bonds is 10. The average molecular weight is 644 g/mol. The van der Waals surface area contributed by atoms with Crippen molar-refractivity contribution in [3.63, 3.8) is 0 Å². The first-order valence-corrected chi connectivity index (χ1v) is 14.9. The molecule has 0 fully saturated rings. The van der Waals surface area contributed by atoms with Crippen LogP contribution in [0.2, 0.25) is 0 Å². The summed E-state index contributed by atoms with van der Waals surface area (Å²) in [6.07, 6.45) is 2.74. The fourth-order valence-electron chi connectivity index (χ4n) is 3.51. The van der Waals surface area contributed by atoms with Gasteiger partial charge in [0.2, 0.25) is 0 Å². The van der Waals surface area contributed by atoms with E-state index in [2.05, 4.69) is 31.0 Å². The molecule has 44 heavy (non-hydrogen) atoms. The van der Waals surface area contributed by atoms with Gasteiger partial charge in [-0.05, 0) is 68.0 Å². The minimum absolute atomic E-state index is 0.150. The van der Waals surface area contributed by atoms with Crippen LogP contribution >= 0.6 is 8.58 Å². The maximum absolute atomic E-state index is 13.5. The molecule has 1 aliphatic heterocycles. The Kier molecular flexibility index (Phi) is 24.8. The van der Waals surface area contributed by atoms with Crippen molar-refractivity contribution in [3.05, 3.63) is 71.9 Å². The predicted molar refractivity (Wildman–Crippen MR) is 177 cm³/mol. The molecule has 0 aliphatic carbocycles. The van der Waals surface area contributed by atoms with Crippen LogP contribution in [0.4, 0.5) is 34.8 Å². The van der Waals surface area contributed by atoms with Crippen molar-refractivity contribution in [2.24, 2.45) is 0 Å². The number of carbonyl (C=O) groups is 2. The molecule has 1 atom stereocenters. The van der Waals surface area contributed by atoms with Crippen molar-refractivity contribution in [1.82, 2.24) is 10.3 Å². The van der Waals surface area contributed by atoms with Crippen molar-refractivity contribution >= 4 is 43.8 Å². The number of anilines is 3. The summed E-state index contributed by atoms with van der Waals surface area (Å²) in [5, 5.41) is 12.9. The van der Waals surface area contributed by atoms with Gasteiger partial charge in [0, 0.05) is 44.5 Å². The summed E-state index contributed by atoms with van der Waals surface area (Å²) in [6.45, 7) is 12.3. The number of hydrogen-bond donors (Lipinski definition) is 4. The summed E-state index contributed by atoms with van der Waals surface area (Å²) in [7, 11) is 2.13. The van der Waals surface area contributed by atoms with E-state index in [1.807, 2.05) is 65.8 Å². The second-order valence-electron chi connectivity index (χ2n) is 7.74. The Hall–Kier alpha value is -3.76. The quantitative estimate of drug-likeness (QED) is 0.105. The van der Waals surface area contributed by atoms with Gasteiger partial charge in [-0.1, -0.05) is 39.8 Å². The maximum Gasteiger partial charge on any atom is 0.416 e. The number of amides is 1. The van der Waals surface area contributed by atoms with E-state index in [-0.39, 0.29) is 11.7 Å². The lowest BCUT2D eigenvalue weighted by atomic mass is 10.1. The molecule has 3 aromatic rings. The predicted octanol–water partition coefficient (Wildman–Crippen LogP) is 7.25. The van der Waals surface area contributed by atoms with Gasteiger partial charge in [-0.2, -0.15) is 8.78 Å². The third-order valence-electron chi connectivity index (χ3n) is 5.14. The number of aromatic nitrogens is 1. The number of nitrogens with one attached hydrogen (secondary N) is 4. The summed E-state index contributed by atoms with van der Waals surface area (Å²) in [5.41, 5.74) is 2.57. The zero-order chi connectivity index (χ0) is 34.0. The van der Waals surface area contributed by atoms with Crippen LogP contribution in [0.5, 0.6) is 5.75 Å². The molecule has 0 bridgehead atoms. The minimum Gasteiger partial charge on any atom is -0.429 e. The van der Waals surface area contributed by atoms with E-state index in [1.54, 1.807) is 24.4 Å². The highest BCUT2D eigenvalue weighted by atomic mass is 31.1. The second kappa shape index (κ2) is 25.7. The Morgan fingerprint density at radius 1 is 0.932 bits per heavy atom. The van der Waals surface area contributed by atoms with Crippen LogP contribution in [-0.4, -0.2) is 58.0 Å². The molecule has 1 aliphatic rings. The molecule has 13 heteroatoms. The summed E-state index contributed by atoms with van der Waals surface area (Å²) in [6, 6.07) is 15.6. The number of para-hydroxylation sites is 1. The Balaban J connectivity index is 0. The van der Waals surface area contributed by atoms with E-state index in [9.17, 15) is 22.4 Å². The molecule has 1 amide bonds. The van der Waals surface area contributed by atoms with Gasteiger partial charge in [0.25, 0.3) is 5.91 Å². The van der Waals surface area contributed by atoms with Crippen LogP contribution in [0.15, 0.2) is 60.8 Å². The number of halogens is 4. The topological polar surface area (TPSA) is 104 Å². The highest BCUT2D eigenvalue weighted by Gasteiger charge is 2.39. The minimum atomic E-state index is -3.18. The van der Waals surface area contributed by atoms with Gasteiger partial charge >= 0.3 is 5.85 Å². The summed E-state index contributed by atoms with van der Waals surface area (Å²) < 4.78 is 50.6. The second-order valence-corrected chi connectivity index (χ2v) is 9.11. The number of pyridine rings is 1. The smallest absolute Gasteiger partial charge is 0.416 e. The number of carbonyl (C=O) groups excluding carboxylic acids is 2. The summed E-state index contributed by atoms with van der Waals surface area (Å²) in [5.74, 6) is -2.57. The van der Waals surface area contributed by atoms with Gasteiger partial charge in [0.15, 0.2) is 0 Å². The number of fused-ring (bicyclic) bond motifs is 1. The van der Waals surface area contributed by atoms with Crippen molar-refractivity contribution in [1.29, 1.82) is 0 Å². The molecule has 8 nitrogen and oxygen atoms in total. The van der Waals surface area contributed by atoms with Gasteiger partial charge < -0.3 is 30.8 Å². The van der Waals surface area contributed by atoms with Gasteiger partial charge in [0.1, 0.15) is 18.4 Å². The molecule has 4 N–H and O–H groups in total. The van der Waals surface area contributed by atoms with Crippen molar-refractivity contribution in [3.8, 4) is 5.75 Å². The third-order valence-corrected chi connectivity index (χ3v) is 6.20. The molecule has 1 aromatic heterocycles. The first-order valence-electron chi connectivity index (χ1n) is 13.9. The molecule has 2 aromatic carbocycles. The van der Waals surface area contributed by atoms with Crippen LogP contribution in [0.25, 0.3) is 0 Å². The standard InChI is InChI=1S/C24H26F2N5O2P.2C2H6.2CH3F.CH2O/c1-27-10-4-11-28-22-13-16(9-12-29-22)15-30-19-6-3-2-5-18(19)23(32)31-17-7-8-20-21(14-17)34-24(25,26)33-20;5*1-2/h2-3,5-9,12-14,27,30,34H,4,10-11,15H2,1H3,(H,28,29)(H,31,32);2*1-2H3;2*1H3;1H2. The highest BCUT2D eigenvalue weighted by Crippen LogP contribution is 2.45. The molecule has 4 rings (SSSR count). The fourth-order valence-corrected chi connectivity index (χ4v) is 4.47. The molecule has 246 valence electrons. The maximum atomic E-state index is 13.5. The van der Waals surface area contributed by atoms with E-state index < -0.39 is 14.4 Å². The average Bonchev–Trinajstić information content (AvgIpc) is 3.40. The lowest BCUT2D eigenvalue weighted by Crippen LogP contribution is -2.15. The number of alkyl halides is 4. The molecule has 0 radical (unpaired) electrons. The highest BCUT2D eigenvalue weighted by molar-refractivity contribution is 7.49. The Morgan fingerprint density at radius 3 is 2.25 bits per heavy atom. The molecule has 2 heterocycles. The largest absolute Gasteiger partial charge is 0.429 e. The van der Waals surface area contributed by atoms with Gasteiger partial charge in [0.05, 0.1) is 19.9 Å². The van der Waals surface area contributed by atoms with Crippen molar-refractivity contribution in [2.45, 2.75) is 46.5 Å². The zero-order valence-electron chi connectivity index (χ0n) is 26.5. The van der Waals surface area contributed by atoms with Crippen LogP contribution < -0.4 is 31.3 Å². The number of benzene rings is 2. The van der Waals surface area contributed by atoms with E-state index >= 15 is 0 Å². The van der Waals surface area contributed by atoms with Gasteiger partial charge in [-0.3, -0.25) is 13.6 Å². The Morgan fingerprint density at radius 2 is 1.59 bits per heavy atom. The number of nitrogens with zero attached hydrogens (tertiary/aromatic N) is 1. The van der Waals surface area contributed by atoms with E-state index in [4.69, 9.17) is 4.79 Å². The lowest BCUT2D eigenvalue weighted by molar-refractivity contribution is -0.0980. The van der Waals surface area contributed by atoms with Gasteiger partial charge in [-0.25, -0.2) is 4.98 Å². The van der Waals surface area contributed by atoms with E-state index in [1.165, 1.54) is 12.1 Å². The molecule has 0 saturated heterocycles. The monoisotopic (exact) mass is 643 g/mol. The van der Waals surface area contributed by atoms with Gasteiger partial charge in [-0.15, -0.1) is 0 Å². The Bertz CT molecular complexity index is 1190. The number of hydrogen-bond acceptors (Lipinski definition) is 7. The molecular weight excluding hydrogens is 597 g/mol. The molecule has 1 unspecified atom stereocenters. The van der Waals surface area contributed by atoms with E-state index in [0.29, 0.717) is 43.1 Å². The summed E-state index contributed by atoms with van der Waals surface area (Å²) >= 11 is 0. The van der Waals surface area contributed by atoms with Crippen LogP contribution in [0, 0.1) is 0 Å². The molecule has 0 saturated carbocycles. The fraction of sp³-hybridized carbons (Fsp3) is 0.387. The van der Waals surface area contributed by atoms with Crippen molar-refractivity contribution in [2.75, 3.05) is 50.4 Å². The third kappa shape index (κ3) is 15.1. The lowest BCUT2D eigenvalue weighted by Gasteiger charge is -2.13. The van der Waals surface area contributed by atoms with E-state index in [0.717, 1.165) is 30.9 Å².